The molecule has 1 aromatic heterocycles. The van der Waals surface area contributed by atoms with Gasteiger partial charge in [-0.15, -0.1) is 0 Å². The normalized spacial score (nSPS) is 23.5. The molecule has 2 rings (SSSR count). The average molecular weight is 229 g/mol. The number of H-pyrrole nitrogens is 1. The van der Waals surface area contributed by atoms with E-state index in [2.05, 4.69) is 9.97 Å². The number of sulfonamides is 1. The SMILES string of the molecule is Cc1cnc([C@H]2CCCN2S(C)(=O)=O)[nH]1. The van der Waals surface area contributed by atoms with Crippen molar-refractivity contribution < 1.29 is 8.42 Å². The summed E-state index contributed by atoms with van der Waals surface area (Å²) < 4.78 is 24.5. The average Bonchev–Trinajstić information content (AvgIpc) is 2.68. The molecule has 6 heteroatoms. The van der Waals surface area contributed by atoms with E-state index in [-0.39, 0.29) is 6.04 Å². The zero-order valence-corrected chi connectivity index (χ0v) is 9.71. The highest BCUT2D eigenvalue weighted by Crippen LogP contribution is 2.31. The van der Waals surface area contributed by atoms with Gasteiger partial charge in [-0.05, 0) is 19.8 Å². The monoisotopic (exact) mass is 229 g/mol. The Labute approximate surface area is 89.6 Å². The summed E-state index contributed by atoms with van der Waals surface area (Å²) in [5.74, 6) is 0.760. The maximum absolute atomic E-state index is 11.5. The van der Waals surface area contributed by atoms with Gasteiger partial charge in [0.2, 0.25) is 10.0 Å². The predicted octanol–water partition coefficient (Wildman–Crippen LogP) is 0.815. The number of nitrogens with zero attached hydrogens (tertiary/aromatic N) is 2. The lowest BCUT2D eigenvalue weighted by atomic mass is 10.2. The van der Waals surface area contributed by atoms with Crippen molar-refractivity contribution in [2.45, 2.75) is 25.8 Å². The summed E-state index contributed by atoms with van der Waals surface area (Å²) in [5, 5.41) is 0. The van der Waals surface area contributed by atoms with Gasteiger partial charge in [0.05, 0.1) is 12.3 Å². The van der Waals surface area contributed by atoms with Gasteiger partial charge in [-0.25, -0.2) is 13.4 Å². The van der Waals surface area contributed by atoms with E-state index < -0.39 is 10.0 Å². The lowest BCUT2D eigenvalue weighted by molar-refractivity contribution is 0.388. The van der Waals surface area contributed by atoms with Crippen LogP contribution in [0, 0.1) is 6.92 Å². The van der Waals surface area contributed by atoms with Crippen LogP contribution >= 0.6 is 0 Å². The summed E-state index contributed by atoms with van der Waals surface area (Å²) in [6.45, 7) is 2.51. The van der Waals surface area contributed by atoms with Crippen LogP contribution in [0.3, 0.4) is 0 Å². The number of hydrogen-bond donors (Lipinski definition) is 1. The minimum Gasteiger partial charge on any atom is -0.345 e. The minimum atomic E-state index is -3.12. The first-order valence-corrected chi connectivity index (χ1v) is 6.81. The second kappa shape index (κ2) is 3.61. The number of nitrogens with one attached hydrogen (secondary N) is 1. The van der Waals surface area contributed by atoms with Crippen molar-refractivity contribution in [1.29, 1.82) is 0 Å². The maximum atomic E-state index is 11.5. The Hall–Kier alpha value is -0.880. The summed E-state index contributed by atoms with van der Waals surface area (Å²) in [6.07, 6.45) is 4.73. The topological polar surface area (TPSA) is 66.1 Å². The molecule has 1 aliphatic heterocycles. The molecule has 15 heavy (non-hydrogen) atoms. The van der Waals surface area contributed by atoms with Gasteiger partial charge in [0.25, 0.3) is 0 Å². The van der Waals surface area contributed by atoms with Gasteiger partial charge >= 0.3 is 0 Å². The summed E-state index contributed by atoms with van der Waals surface area (Å²) in [5.41, 5.74) is 0.963. The van der Waals surface area contributed by atoms with Crippen LogP contribution in [0.4, 0.5) is 0 Å². The highest BCUT2D eigenvalue weighted by Gasteiger charge is 2.34. The van der Waals surface area contributed by atoms with Gasteiger partial charge in [0.15, 0.2) is 0 Å². The number of rotatable bonds is 2. The molecule has 1 N–H and O–H groups in total. The Kier molecular flexibility index (Phi) is 2.56. The van der Waals surface area contributed by atoms with Crippen molar-refractivity contribution in [1.82, 2.24) is 14.3 Å². The van der Waals surface area contributed by atoms with Crippen molar-refractivity contribution in [3.05, 3.63) is 17.7 Å². The van der Waals surface area contributed by atoms with E-state index in [9.17, 15) is 8.42 Å². The van der Waals surface area contributed by atoms with Gasteiger partial charge in [-0.3, -0.25) is 0 Å². The summed E-state index contributed by atoms with van der Waals surface area (Å²) >= 11 is 0. The van der Waals surface area contributed by atoms with Gasteiger partial charge < -0.3 is 4.98 Å². The van der Waals surface area contributed by atoms with Crippen LogP contribution in [0.25, 0.3) is 0 Å². The molecule has 0 amide bonds. The fourth-order valence-corrected chi connectivity index (χ4v) is 3.14. The van der Waals surface area contributed by atoms with Crippen LogP contribution in [0.15, 0.2) is 6.20 Å². The summed E-state index contributed by atoms with van der Waals surface area (Å²) in [7, 11) is -3.12. The number of aromatic amines is 1. The first-order chi connectivity index (χ1) is 6.98. The van der Waals surface area contributed by atoms with E-state index in [1.807, 2.05) is 6.92 Å². The molecule has 0 aliphatic carbocycles. The Morgan fingerprint density at radius 2 is 2.33 bits per heavy atom. The van der Waals surface area contributed by atoms with E-state index in [0.717, 1.165) is 24.4 Å². The summed E-state index contributed by atoms with van der Waals surface area (Å²) in [6, 6.07) is -0.103. The van der Waals surface area contributed by atoms with Gasteiger partial charge in [0, 0.05) is 18.4 Å². The van der Waals surface area contributed by atoms with Gasteiger partial charge in [0.1, 0.15) is 5.82 Å². The summed E-state index contributed by atoms with van der Waals surface area (Å²) in [4.78, 5) is 7.30. The third-order valence-corrected chi connectivity index (χ3v) is 3.96. The molecule has 0 bridgehead atoms. The molecular weight excluding hydrogens is 214 g/mol. The number of aryl methyl sites for hydroxylation is 1. The van der Waals surface area contributed by atoms with Crippen molar-refractivity contribution >= 4 is 10.0 Å². The number of imidazole rings is 1. The minimum absolute atomic E-state index is 0.103. The first kappa shape index (κ1) is 10.6. The molecule has 1 aromatic rings. The molecule has 1 aliphatic rings. The maximum Gasteiger partial charge on any atom is 0.211 e. The quantitative estimate of drug-likeness (QED) is 0.816. The lowest BCUT2D eigenvalue weighted by Gasteiger charge is -2.19. The smallest absolute Gasteiger partial charge is 0.211 e. The first-order valence-electron chi connectivity index (χ1n) is 4.97. The van der Waals surface area contributed by atoms with E-state index >= 15 is 0 Å². The van der Waals surface area contributed by atoms with Crippen LogP contribution in [-0.2, 0) is 10.0 Å². The van der Waals surface area contributed by atoms with E-state index in [0.29, 0.717) is 6.54 Å². The van der Waals surface area contributed by atoms with Gasteiger partial charge in [-0.2, -0.15) is 4.31 Å². The molecular formula is C9H15N3O2S. The molecule has 0 saturated carbocycles. The van der Waals surface area contributed by atoms with Crippen molar-refractivity contribution in [3.63, 3.8) is 0 Å². The zero-order valence-electron chi connectivity index (χ0n) is 8.90. The second-order valence-corrected chi connectivity index (χ2v) is 5.92. The number of hydrogen-bond acceptors (Lipinski definition) is 3. The molecule has 0 radical (unpaired) electrons. The molecule has 1 saturated heterocycles. The highest BCUT2D eigenvalue weighted by molar-refractivity contribution is 7.88. The molecule has 1 atom stereocenters. The van der Waals surface area contributed by atoms with Crippen LogP contribution < -0.4 is 0 Å². The fraction of sp³-hybridized carbons (Fsp3) is 0.667. The van der Waals surface area contributed by atoms with Crippen molar-refractivity contribution in [2.75, 3.05) is 12.8 Å². The third-order valence-electron chi connectivity index (χ3n) is 2.67. The molecule has 0 spiro atoms. The highest BCUT2D eigenvalue weighted by atomic mass is 32.2. The largest absolute Gasteiger partial charge is 0.345 e. The molecule has 0 aromatic carbocycles. The van der Waals surface area contributed by atoms with E-state index in [4.69, 9.17) is 0 Å². The third kappa shape index (κ3) is 2.05. The standard InChI is InChI=1S/C9H15N3O2S/c1-7-6-10-9(11-7)8-4-3-5-12(8)15(2,13)14/h6,8H,3-5H2,1-2H3,(H,10,11)/t8-/m1/s1. The second-order valence-electron chi connectivity index (χ2n) is 3.98. The Bertz CT molecular complexity index is 452. The molecule has 84 valence electrons. The molecule has 2 heterocycles. The van der Waals surface area contributed by atoms with Crippen LogP contribution in [0.5, 0.6) is 0 Å². The molecule has 1 fully saturated rings. The van der Waals surface area contributed by atoms with Crippen molar-refractivity contribution in [3.8, 4) is 0 Å². The predicted molar refractivity (Wildman–Crippen MR) is 56.8 cm³/mol. The fourth-order valence-electron chi connectivity index (χ4n) is 2.01. The van der Waals surface area contributed by atoms with Crippen molar-refractivity contribution in [2.24, 2.45) is 0 Å². The lowest BCUT2D eigenvalue weighted by Crippen LogP contribution is -2.30. The van der Waals surface area contributed by atoms with E-state index in [1.165, 1.54) is 10.6 Å². The van der Waals surface area contributed by atoms with Gasteiger partial charge in [-0.1, -0.05) is 0 Å². The van der Waals surface area contributed by atoms with Crippen LogP contribution in [-0.4, -0.2) is 35.5 Å². The van der Waals surface area contributed by atoms with E-state index in [1.54, 1.807) is 6.20 Å². The number of aromatic nitrogens is 2. The molecule has 0 unspecified atom stereocenters. The Morgan fingerprint density at radius 3 is 2.87 bits per heavy atom. The van der Waals surface area contributed by atoms with Crippen LogP contribution in [0.1, 0.15) is 30.4 Å². The zero-order chi connectivity index (χ0) is 11.1. The molecule has 5 nitrogen and oxygen atoms in total. The Balaban J connectivity index is 2.30. The van der Waals surface area contributed by atoms with Crippen LogP contribution in [0.2, 0.25) is 0 Å². The Morgan fingerprint density at radius 1 is 1.60 bits per heavy atom.